The van der Waals surface area contributed by atoms with Crippen LogP contribution >= 0.6 is 11.3 Å². The largest absolute Gasteiger partial charge is 0.310 e. The number of aromatic nitrogens is 1. The number of rotatable bonds is 4. The topological polar surface area (TPSA) is 24.9 Å². The second kappa shape index (κ2) is 4.72. The second-order valence-corrected chi connectivity index (χ2v) is 4.63. The van der Waals surface area contributed by atoms with Gasteiger partial charge in [-0.2, -0.15) is 0 Å². The Morgan fingerprint density at radius 1 is 1.46 bits per heavy atom. The van der Waals surface area contributed by atoms with Crippen LogP contribution < -0.4 is 5.32 Å². The van der Waals surface area contributed by atoms with Crippen LogP contribution in [0.3, 0.4) is 0 Å². The Morgan fingerprint density at radius 2 is 2.15 bits per heavy atom. The van der Waals surface area contributed by atoms with Crippen molar-refractivity contribution < 1.29 is 0 Å². The highest BCUT2D eigenvalue weighted by Gasteiger charge is 2.10. The maximum absolute atomic E-state index is 4.40. The van der Waals surface area contributed by atoms with Gasteiger partial charge in [0.15, 0.2) is 0 Å². The van der Waals surface area contributed by atoms with E-state index in [9.17, 15) is 0 Å². The Kier molecular flexibility index (Phi) is 3.88. The highest BCUT2D eigenvalue weighted by Crippen LogP contribution is 2.25. The first kappa shape index (κ1) is 10.7. The van der Waals surface area contributed by atoms with Crippen molar-refractivity contribution in [3.8, 4) is 0 Å². The van der Waals surface area contributed by atoms with Crippen LogP contribution in [-0.4, -0.2) is 11.5 Å². The maximum Gasteiger partial charge on any atom is 0.0953 e. The summed E-state index contributed by atoms with van der Waals surface area (Å²) in [4.78, 5) is 5.74. The van der Waals surface area contributed by atoms with E-state index >= 15 is 0 Å². The highest BCUT2D eigenvalue weighted by molar-refractivity contribution is 7.11. The second-order valence-electron chi connectivity index (χ2n) is 3.53. The van der Waals surface area contributed by atoms with Crippen molar-refractivity contribution >= 4 is 11.3 Å². The lowest BCUT2D eigenvalue weighted by molar-refractivity contribution is 0.606. The summed E-state index contributed by atoms with van der Waals surface area (Å²) in [6, 6.07) is 0.440. The van der Waals surface area contributed by atoms with Crippen molar-refractivity contribution in [2.75, 3.05) is 6.54 Å². The molecule has 0 spiro atoms. The van der Waals surface area contributed by atoms with Gasteiger partial charge in [-0.05, 0) is 13.5 Å². The third kappa shape index (κ3) is 2.78. The highest BCUT2D eigenvalue weighted by atomic mass is 32.1. The first-order valence-electron chi connectivity index (χ1n) is 4.84. The Balaban J connectivity index is 2.67. The fourth-order valence-corrected chi connectivity index (χ4v) is 2.12. The zero-order valence-corrected chi connectivity index (χ0v) is 9.61. The summed E-state index contributed by atoms with van der Waals surface area (Å²) in [5, 5.41) is 4.62. The molecule has 1 rings (SSSR count). The Bertz CT molecular complexity index is 255. The lowest BCUT2D eigenvalue weighted by Crippen LogP contribution is -2.16. The van der Waals surface area contributed by atoms with Gasteiger partial charge in [0.2, 0.25) is 0 Å². The van der Waals surface area contributed by atoms with E-state index in [1.165, 1.54) is 9.88 Å². The molecule has 1 N–H and O–H groups in total. The van der Waals surface area contributed by atoms with Crippen molar-refractivity contribution in [1.29, 1.82) is 0 Å². The Labute approximate surface area is 84.4 Å². The minimum Gasteiger partial charge on any atom is -0.310 e. The predicted molar refractivity (Wildman–Crippen MR) is 58.3 cm³/mol. The average Bonchev–Trinajstić information content (AvgIpc) is 2.52. The molecule has 0 aliphatic rings. The number of nitrogens with one attached hydrogen (secondary N) is 1. The summed E-state index contributed by atoms with van der Waals surface area (Å²) in [5.74, 6) is 0.549. The minimum atomic E-state index is 0.440. The van der Waals surface area contributed by atoms with E-state index in [0.29, 0.717) is 12.0 Å². The van der Waals surface area contributed by atoms with E-state index in [1.54, 1.807) is 0 Å². The van der Waals surface area contributed by atoms with E-state index in [4.69, 9.17) is 0 Å². The molecule has 0 saturated heterocycles. The lowest BCUT2D eigenvalue weighted by atomic mass is 10.2. The monoisotopic (exact) mass is 198 g/mol. The van der Waals surface area contributed by atoms with Crippen LogP contribution in [-0.2, 0) is 0 Å². The normalized spacial score (nSPS) is 13.6. The summed E-state index contributed by atoms with van der Waals surface area (Å²) in [5.41, 5.74) is 0. The first-order valence-corrected chi connectivity index (χ1v) is 5.65. The smallest absolute Gasteiger partial charge is 0.0953 e. The fourth-order valence-electron chi connectivity index (χ4n) is 1.17. The average molecular weight is 198 g/mol. The number of hydrogen-bond acceptors (Lipinski definition) is 3. The van der Waals surface area contributed by atoms with Crippen LogP contribution in [0.5, 0.6) is 0 Å². The molecule has 0 aliphatic heterocycles. The third-order valence-electron chi connectivity index (χ3n) is 1.97. The third-order valence-corrected chi connectivity index (χ3v) is 3.45. The Hall–Kier alpha value is -0.410. The molecule has 2 nitrogen and oxygen atoms in total. The van der Waals surface area contributed by atoms with Crippen molar-refractivity contribution in [3.05, 3.63) is 16.1 Å². The maximum atomic E-state index is 4.40. The molecule has 1 aromatic heterocycles. The summed E-state index contributed by atoms with van der Waals surface area (Å²) in [6.07, 6.45) is 1.99. The van der Waals surface area contributed by atoms with Crippen molar-refractivity contribution in [2.24, 2.45) is 0 Å². The number of thiazole rings is 1. The molecule has 0 aromatic carbocycles. The number of hydrogen-bond donors (Lipinski definition) is 1. The molecule has 0 aliphatic carbocycles. The van der Waals surface area contributed by atoms with Gasteiger partial charge >= 0.3 is 0 Å². The van der Waals surface area contributed by atoms with E-state index in [0.717, 1.165) is 6.54 Å². The minimum absolute atomic E-state index is 0.440. The van der Waals surface area contributed by atoms with Gasteiger partial charge < -0.3 is 5.32 Å². The van der Waals surface area contributed by atoms with Crippen molar-refractivity contribution in [3.63, 3.8) is 0 Å². The zero-order chi connectivity index (χ0) is 9.84. The van der Waals surface area contributed by atoms with Crippen LogP contribution in [0.1, 0.15) is 49.5 Å². The molecular formula is C10H18N2S. The van der Waals surface area contributed by atoms with Crippen LogP contribution in [0.2, 0.25) is 0 Å². The molecule has 74 valence electrons. The standard InChI is InChI=1S/C10H18N2S/c1-5-11-8(4)9-6-12-10(13-9)7(2)3/h6-8,11H,5H2,1-4H3/t8-/m0/s1. The molecule has 0 saturated carbocycles. The molecule has 3 heteroatoms. The summed E-state index contributed by atoms with van der Waals surface area (Å²) >= 11 is 1.82. The molecule has 0 radical (unpaired) electrons. The van der Waals surface area contributed by atoms with Gasteiger partial charge in [0.25, 0.3) is 0 Å². The zero-order valence-electron chi connectivity index (χ0n) is 8.79. The molecule has 1 atom stereocenters. The van der Waals surface area contributed by atoms with Gasteiger partial charge in [-0.3, -0.25) is 0 Å². The van der Waals surface area contributed by atoms with Gasteiger partial charge in [0.1, 0.15) is 0 Å². The SMILES string of the molecule is CCN[C@@H](C)c1cnc(C(C)C)s1. The van der Waals surface area contributed by atoms with Gasteiger partial charge in [0.05, 0.1) is 5.01 Å². The molecule has 0 amide bonds. The van der Waals surface area contributed by atoms with Gasteiger partial charge in [-0.1, -0.05) is 20.8 Å². The number of nitrogens with zero attached hydrogens (tertiary/aromatic N) is 1. The molecular weight excluding hydrogens is 180 g/mol. The summed E-state index contributed by atoms with van der Waals surface area (Å²) in [7, 11) is 0. The molecule has 1 aromatic rings. The Morgan fingerprint density at radius 3 is 2.62 bits per heavy atom. The lowest BCUT2D eigenvalue weighted by Gasteiger charge is -2.08. The van der Waals surface area contributed by atoms with Crippen LogP contribution in [0.15, 0.2) is 6.20 Å². The van der Waals surface area contributed by atoms with Crippen molar-refractivity contribution in [1.82, 2.24) is 10.3 Å². The van der Waals surface area contributed by atoms with Crippen LogP contribution in [0.4, 0.5) is 0 Å². The van der Waals surface area contributed by atoms with E-state index < -0.39 is 0 Å². The van der Waals surface area contributed by atoms with E-state index in [1.807, 2.05) is 17.5 Å². The quantitative estimate of drug-likeness (QED) is 0.804. The summed E-state index contributed by atoms with van der Waals surface area (Å²) in [6.45, 7) is 9.68. The molecule has 13 heavy (non-hydrogen) atoms. The molecule has 0 bridgehead atoms. The van der Waals surface area contributed by atoms with E-state index in [2.05, 4.69) is 38.0 Å². The van der Waals surface area contributed by atoms with Gasteiger partial charge in [0, 0.05) is 23.0 Å². The van der Waals surface area contributed by atoms with Crippen LogP contribution in [0.25, 0.3) is 0 Å². The molecule has 1 heterocycles. The molecule has 0 fully saturated rings. The predicted octanol–water partition coefficient (Wildman–Crippen LogP) is 2.94. The van der Waals surface area contributed by atoms with Crippen LogP contribution in [0, 0.1) is 0 Å². The molecule has 0 unspecified atom stereocenters. The van der Waals surface area contributed by atoms with Crippen molar-refractivity contribution in [2.45, 2.75) is 39.7 Å². The van der Waals surface area contributed by atoms with E-state index in [-0.39, 0.29) is 0 Å². The first-order chi connectivity index (χ1) is 6.15. The summed E-state index contributed by atoms with van der Waals surface area (Å²) < 4.78 is 0. The van der Waals surface area contributed by atoms with Gasteiger partial charge in [-0.25, -0.2) is 4.98 Å². The fraction of sp³-hybridized carbons (Fsp3) is 0.700. The van der Waals surface area contributed by atoms with Gasteiger partial charge in [-0.15, -0.1) is 11.3 Å².